The van der Waals surface area contributed by atoms with E-state index in [4.69, 9.17) is 10.5 Å². The number of aromatic hydroxyl groups is 1. The Morgan fingerprint density at radius 3 is 2.33 bits per heavy atom. The highest BCUT2D eigenvalue weighted by Crippen LogP contribution is 2.27. The summed E-state index contributed by atoms with van der Waals surface area (Å²) in [7, 11) is 0. The predicted octanol–water partition coefficient (Wildman–Crippen LogP) is 2.58. The quantitative estimate of drug-likeness (QED) is 0.870. The van der Waals surface area contributed by atoms with Crippen molar-refractivity contribution in [3.8, 4) is 5.75 Å². The van der Waals surface area contributed by atoms with Crippen molar-refractivity contribution in [1.29, 1.82) is 0 Å². The molecule has 2 rings (SSSR count). The van der Waals surface area contributed by atoms with Gasteiger partial charge in [0.05, 0.1) is 0 Å². The maximum atomic E-state index is 11.0. The first-order chi connectivity index (χ1) is 8.66. The van der Waals surface area contributed by atoms with E-state index in [9.17, 15) is 9.90 Å². The average molecular weight is 243 g/mol. The zero-order chi connectivity index (χ0) is 13.0. The molecule has 4 heteroatoms. The van der Waals surface area contributed by atoms with Crippen LogP contribution in [0.5, 0.6) is 5.75 Å². The van der Waals surface area contributed by atoms with Crippen LogP contribution < -0.4 is 5.73 Å². The fourth-order valence-electron chi connectivity index (χ4n) is 1.76. The first-order valence-electron chi connectivity index (χ1n) is 5.47. The van der Waals surface area contributed by atoms with Crippen molar-refractivity contribution in [2.75, 3.05) is 0 Å². The van der Waals surface area contributed by atoms with Gasteiger partial charge >= 0.3 is 6.09 Å². The van der Waals surface area contributed by atoms with E-state index in [1.54, 1.807) is 24.3 Å². The molecule has 4 nitrogen and oxygen atoms in total. The van der Waals surface area contributed by atoms with Crippen molar-refractivity contribution >= 4 is 6.09 Å². The lowest BCUT2D eigenvalue weighted by molar-refractivity contribution is 0.126. The van der Waals surface area contributed by atoms with E-state index in [0.29, 0.717) is 5.56 Å². The van der Waals surface area contributed by atoms with E-state index < -0.39 is 12.2 Å². The molecule has 0 aliphatic rings. The molecule has 0 aliphatic carbocycles. The van der Waals surface area contributed by atoms with E-state index in [1.807, 2.05) is 30.3 Å². The summed E-state index contributed by atoms with van der Waals surface area (Å²) in [5, 5.41) is 9.47. The Morgan fingerprint density at radius 1 is 1.06 bits per heavy atom. The summed E-state index contributed by atoms with van der Waals surface area (Å²) in [4.78, 5) is 11.0. The average Bonchev–Trinajstić information content (AvgIpc) is 2.37. The Hall–Kier alpha value is -2.49. The van der Waals surface area contributed by atoms with Crippen molar-refractivity contribution in [2.45, 2.75) is 6.10 Å². The summed E-state index contributed by atoms with van der Waals surface area (Å²) in [5.41, 5.74) is 6.54. The highest BCUT2D eigenvalue weighted by molar-refractivity contribution is 5.65. The Bertz CT molecular complexity index is 540. The summed E-state index contributed by atoms with van der Waals surface area (Å²) in [6.45, 7) is 0. The molecule has 0 aliphatic heterocycles. The number of rotatable bonds is 3. The molecule has 0 unspecified atom stereocenters. The van der Waals surface area contributed by atoms with Gasteiger partial charge in [-0.05, 0) is 17.7 Å². The van der Waals surface area contributed by atoms with Crippen molar-refractivity contribution in [3.05, 3.63) is 65.7 Å². The van der Waals surface area contributed by atoms with Gasteiger partial charge in [-0.15, -0.1) is 0 Å². The maximum Gasteiger partial charge on any atom is 0.405 e. The van der Waals surface area contributed by atoms with Crippen molar-refractivity contribution in [3.63, 3.8) is 0 Å². The summed E-state index contributed by atoms with van der Waals surface area (Å²) in [6, 6.07) is 15.8. The standard InChI is InChI=1S/C14H13NO3/c15-14(17)18-13(10-5-2-1-3-6-10)11-7-4-8-12(16)9-11/h1-9,13,16H,(H2,15,17)/t13-/m0/s1. The number of benzene rings is 2. The zero-order valence-electron chi connectivity index (χ0n) is 9.61. The van der Waals surface area contributed by atoms with Crippen LogP contribution >= 0.6 is 0 Å². The third kappa shape index (κ3) is 2.79. The number of ether oxygens (including phenoxy) is 1. The minimum absolute atomic E-state index is 0.113. The van der Waals surface area contributed by atoms with Crippen molar-refractivity contribution < 1.29 is 14.6 Å². The van der Waals surface area contributed by atoms with Gasteiger partial charge < -0.3 is 15.6 Å². The number of nitrogens with two attached hydrogens (primary N) is 1. The Kier molecular flexibility index (Phi) is 3.48. The van der Waals surface area contributed by atoms with Gasteiger partial charge in [0.2, 0.25) is 0 Å². The summed E-state index contributed by atoms with van der Waals surface area (Å²) >= 11 is 0. The molecule has 0 spiro atoms. The Balaban J connectivity index is 2.40. The topological polar surface area (TPSA) is 72.6 Å². The largest absolute Gasteiger partial charge is 0.508 e. The highest BCUT2D eigenvalue weighted by Gasteiger charge is 2.17. The van der Waals surface area contributed by atoms with Crippen molar-refractivity contribution in [1.82, 2.24) is 0 Å². The van der Waals surface area contributed by atoms with Gasteiger partial charge in [0, 0.05) is 5.56 Å². The van der Waals surface area contributed by atoms with Crippen LogP contribution in [0, 0.1) is 0 Å². The van der Waals surface area contributed by atoms with E-state index in [0.717, 1.165) is 5.56 Å². The Labute approximate surface area is 105 Å². The maximum absolute atomic E-state index is 11.0. The fourth-order valence-corrected chi connectivity index (χ4v) is 1.76. The molecule has 92 valence electrons. The molecule has 0 bridgehead atoms. The summed E-state index contributed by atoms with van der Waals surface area (Å²) in [6.07, 6.45) is -1.47. The van der Waals surface area contributed by atoms with Gasteiger partial charge in [-0.1, -0.05) is 42.5 Å². The normalized spacial score (nSPS) is 11.8. The molecule has 0 heterocycles. The van der Waals surface area contributed by atoms with Crippen LogP contribution in [0.15, 0.2) is 54.6 Å². The molecule has 2 aromatic carbocycles. The van der Waals surface area contributed by atoms with E-state index >= 15 is 0 Å². The molecular weight excluding hydrogens is 230 g/mol. The second kappa shape index (κ2) is 5.23. The van der Waals surface area contributed by atoms with Gasteiger partial charge in [-0.3, -0.25) is 0 Å². The molecule has 18 heavy (non-hydrogen) atoms. The minimum atomic E-state index is -0.854. The number of hydrogen-bond acceptors (Lipinski definition) is 3. The second-order valence-electron chi connectivity index (χ2n) is 3.82. The lowest BCUT2D eigenvalue weighted by atomic mass is 10.0. The zero-order valence-corrected chi connectivity index (χ0v) is 9.61. The van der Waals surface area contributed by atoms with E-state index in [-0.39, 0.29) is 5.75 Å². The molecule has 0 saturated carbocycles. The van der Waals surface area contributed by atoms with Crippen LogP contribution in [-0.2, 0) is 4.74 Å². The third-order valence-corrected chi connectivity index (χ3v) is 2.51. The lowest BCUT2D eigenvalue weighted by Crippen LogP contribution is -2.18. The molecule has 1 amide bonds. The Morgan fingerprint density at radius 2 is 1.72 bits per heavy atom. The first kappa shape index (κ1) is 12.0. The van der Waals surface area contributed by atoms with Gasteiger partial charge in [-0.25, -0.2) is 4.79 Å². The fraction of sp³-hybridized carbons (Fsp3) is 0.0714. The van der Waals surface area contributed by atoms with Gasteiger partial charge in [0.15, 0.2) is 6.10 Å². The summed E-state index contributed by atoms with van der Waals surface area (Å²) in [5.74, 6) is 0.113. The molecule has 0 fully saturated rings. The molecular formula is C14H13NO3. The van der Waals surface area contributed by atoms with Crippen molar-refractivity contribution in [2.24, 2.45) is 5.73 Å². The van der Waals surface area contributed by atoms with Gasteiger partial charge in [0.1, 0.15) is 5.75 Å². The molecule has 0 saturated heterocycles. The van der Waals surface area contributed by atoms with Gasteiger partial charge in [-0.2, -0.15) is 0 Å². The van der Waals surface area contributed by atoms with Crippen LogP contribution in [0.1, 0.15) is 17.2 Å². The number of amides is 1. The van der Waals surface area contributed by atoms with Crippen LogP contribution in [0.2, 0.25) is 0 Å². The number of phenols is 1. The monoisotopic (exact) mass is 243 g/mol. The van der Waals surface area contributed by atoms with Crippen LogP contribution in [0.25, 0.3) is 0 Å². The molecule has 0 radical (unpaired) electrons. The minimum Gasteiger partial charge on any atom is -0.508 e. The smallest absolute Gasteiger partial charge is 0.405 e. The van der Waals surface area contributed by atoms with Crippen LogP contribution in [0.4, 0.5) is 4.79 Å². The van der Waals surface area contributed by atoms with Crippen LogP contribution in [0.3, 0.4) is 0 Å². The number of carbonyl (C=O) groups is 1. The first-order valence-corrected chi connectivity index (χ1v) is 5.47. The number of hydrogen-bond donors (Lipinski definition) is 2. The number of primary amides is 1. The molecule has 2 aromatic rings. The van der Waals surface area contributed by atoms with Crippen LogP contribution in [-0.4, -0.2) is 11.2 Å². The highest BCUT2D eigenvalue weighted by atomic mass is 16.6. The van der Waals surface area contributed by atoms with Gasteiger partial charge in [0.25, 0.3) is 0 Å². The lowest BCUT2D eigenvalue weighted by Gasteiger charge is -2.17. The molecule has 3 N–H and O–H groups in total. The number of carbonyl (C=O) groups excluding carboxylic acids is 1. The molecule has 0 aromatic heterocycles. The third-order valence-electron chi connectivity index (χ3n) is 2.51. The SMILES string of the molecule is NC(=O)O[C@@H](c1ccccc1)c1cccc(O)c1. The van der Waals surface area contributed by atoms with E-state index in [1.165, 1.54) is 0 Å². The number of phenolic OH excluding ortho intramolecular Hbond substituents is 1. The summed E-state index contributed by atoms with van der Waals surface area (Å²) < 4.78 is 5.11. The second-order valence-corrected chi connectivity index (χ2v) is 3.82. The predicted molar refractivity (Wildman–Crippen MR) is 67.1 cm³/mol. The van der Waals surface area contributed by atoms with E-state index in [2.05, 4.69) is 0 Å². The molecule has 1 atom stereocenters.